The van der Waals surface area contributed by atoms with Crippen molar-refractivity contribution in [3.8, 4) is 0 Å². The Morgan fingerprint density at radius 3 is 2.71 bits per heavy atom. The van der Waals surface area contributed by atoms with Gasteiger partial charge < -0.3 is 5.32 Å². The third-order valence-electron chi connectivity index (χ3n) is 3.31. The summed E-state index contributed by atoms with van der Waals surface area (Å²) in [5.74, 6) is 0.129. The first kappa shape index (κ1) is 12.7. The summed E-state index contributed by atoms with van der Waals surface area (Å²) in [5, 5.41) is 4.59. The van der Waals surface area contributed by atoms with Crippen molar-refractivity contribution in [3.05, 3.63) is 15.6 Å². The first-order valence-corrected chi connectivity index (χ1v) is 7.19. The maximum atomic E-state index is 11.3. The monoisotopic (exact) mass is 252 g/mol. The van der Waals surface area contributed by atoms with E-state index in [9.17, 15) is 4.79 Å². The molecule has 3 nitrogen and oxygen atoms in total. The Balaban J connectivity index is 1.90. The number of thiazole rings is 1. The highest BCUT2D eigenvalue weighted by Gasteiger charge is 2.15. The first-order valence-electron chi connectivity index (χ1n) is 6.37. The molecule has 0 atom stereocenters. The smallest absolute Gasteiger partial charge is 0.171 e. The summed E-state index contributed by atoms with van der Waals surface area (Å²) in [4.78, 5) is 16.6. The summed E-state index contributed by atoms with van der Waals surface area (Å²) >= 11 is 1.53. The van der Waals surface area contributed by atoms with Crippen LogP contribution >= 0.6 is 11.3 Å². The van der Waals surface area contributed by atoms with Gasteiger partial charge in [0.15, 0.2) is 5.78 Å². The van der Waals surface area contributed by atoms with Crippen LogP contribution in [0.5, 0.6) is 0 Å². The van der Waals surface area contributed by atoms with Crippen molar-refractivity contribution >= 4 is 17.1 Å². The van der Waals surface area contributed by atoms with Crippen molar-refractivity contribution in [2.24, 2.45) is 0 Å². The van der Waals surface area contributed by atoms with Gasteiger partial charge in [-0.1, -0.05) is 19.3 Å². The maximum absolute atomic E-state index is 11.3. The van der Waals surface area contributed by atoms with Gasteiger partial charge in [-0.2, -0.15) is 0 Å². The molecule has 1 aromatic heterocycles. The minimum absolute atomic E-state index is 0.129. The lowest BCUT2D eigenvalue weighted by molar-refractivity contribution is 0.102. The zero-order chi connectivity index (χ0) is 12.3. The summed E-state index contributed by atoms with van der Waals surface area (Å²) in [5.41, 5.74) is 0.878. The van der Waals surface area contributed by atoms with Crippen LogP contribution in [0.2, 0.25) is 0 Å². The number of carbonyl (C=O) groups is 1. The minimum atomic E-state index is 0.129. The molecular weight excluding hydrogens is 232 g/mol. The van der Waals surface area contributed by atoms with Gasteiger partial charge >= 0.3 is 0 Å². The molecule has 0 aliphatic heterocycles. The minimum Gasteiger partial charge on any atom is -0.308 e. The fourth-order valence-electron chi connectivity index (χ4n) is 2.39. The van der Waals surface area contributed by atoms with E-state index in [-0.39, 0.29) is 5.78 Å². The van der Waals surface area contributed by atoms with Crippen molar-refractivity contribution in [3.63, 3.8) is 0 Å². The molecule has 17 heavy (non-hydrogen) atoms. The van der Waals surface area contributed by atoms with Crippen molar-refractivity contribution < 1.29 is 4.79 Å². The number of hydrogen-bond acceptors (Lipinski definition) is 4. The lowest BCUT2D eigenvalue weighted by Crippen LogP contribution is -2.30. The predicted molar refractivity (Wildman–Crippen MR) is 70.6 cm³/mol. The van der Waals surface area contributed by atoms with Crippen LogP contribution in [-0.2, 0) is 6.54 Å². The second-order valence-electron chi connectivity index (χ2n) is 4.79. The van der Waals surface area contributed by atoms with E-state index in [1.54, 1.807) is 6.92 Å². The first-order chi connectivity index (χ1) is 8.16. The molecule has 1 N–H and O–H groups in total. The molecule has 1 aliphatic carbocycles. The summed E-state index contributed by atoms with van der Waals surface area (Å²) in [7, 11) is 0. The van der Waals surface area contributed by atoms with Crippen LogP contribution in [0.4, 0.5) is 0 Å². The van der Waals surface area contributed by atoms with Gasteiger partial charge in [0.25, 0.3) is 0 Å². The summed E-state index contributed by atoms with van der Waals surface area (Å²) in [6, 6.07) is 0.647. The zero-order valence-corrected chi connectivity index (χ0v) is 11.4. The number of ketones is 1. The van der Waals surface area contributed by atoms with Gasteiger partial charge in [-0.25, -0.2) is 4.98 Å². The molecule has 0 saturated heterocycles. The summed E-state index contributed by atoms with van der Waals surface area (Å²) < 4.78 is 0. The molecule has 0 spiro atoms. The Morgan fingerprint density at radius 2 is 2.12 bits per heavy atom. The highest BCUT2D eigenvalue weighted by Crippen LogP contribution is 2.21. The lowest BCUT2D eigenvalue weighted by atomic mass is 9.96. The largest absolute Gasteiger partial charge is 0.308 e. The zero-order valence-electron chi connectivity index (χ0n) is 10.6. The summed E-state index contributed by atoms with van der Waals surface area (Å²) in [6.07, 6.45) is 6.62. The Labute approximate surface area is 107 Å². The fraction of sp³-hybridized carbons (Fsp3) is 0.692. The number of hydrogen-bond donors (Lipinski definition) is 1. The topological polar surface area (TPSA) is 42.0 Å². The Bertz CT molecular complexity index is 394. The number of aryl methyl sites for hydroxylation is 1. The third kappa shape index (κ3) is 3.36. The van der Waals surface area contributed by atoms with Crippen LogP contribution in [-0.4, -0.2) is 16.8 Å². The van der Waals surface area contributed by atoms with Crippen LogP contribution in [0.3, 0.4) is 0 Å². The number of rotatable bonds is 4. The molecule has 1 aromatic rings. The Kier molecular flexibility index (Phi) is 4.29. The van der Waals surface area contributed by atoms with Crippen LogP contribution in [0.25, 0.3) is 0 Å². The summed E-state index contributed by atoms with van der Waals surface area (Å²) in [6.45, 7) is 4.33. The molecule has 1 fully saturated rings. The van der Waals surface area contributed by atoms with E-state index in [4.69, 9.17) is 0 Å². The number of nitrogens with one attached hydrogen (secondary N) is 1. The molecule has 0 amide bonds. The maximum Gasteiger partial charge on any atom is 0.171 e. The lowest BCUT2D eigenvalue weighted by Gasteiger charge is -2.22. The second-order valence-corrected chi connectivity index (χ2v) is 5.88. The predicted octanol–water partition coefficient (Wildman–Crippen LogP) is 3.08. The van der Waals surface area contributed by atoms with E-state index in [1.165, 1.54) is 43.4 Å². The normalized spacial score (nSPS) is 17.3. The quantitative estimate of drug-likeness (QED) is 0.837. The molecule has 1 aliphatic rings. The van der Waals surface area contributed by atoms with E-state index in [0.717, 1.165) is 22.1 Å². The van der Waals surface area contributed by atoms with Gasteiger partial charge in [0.1, 0.15) is 5.01 Å². The van der Waals surface area contributed by atoms with Gasteiger partial charge in [0.2, 0.25) is 0 Å². The van der Waals surface area contributed by atoms with E-state index >= 15 is 0 Å². The van der Waals surface area contributed by atoms with E-state index in [2.05, 4.69) is 10.3 Å². The fourth-order valence-corrected chi connectivity index (χ4v) is 3.30. The van der Waals surface area contributed by atoms with Crippen LogP contribution in [0.15, 0.2) is 0 Å². The van der Waals surface area contributed by atoms with Gasteiger partial charge in [0, 0.05) is 19.5 Å². The van der Waals surface area contributed by atoms with Crippen molar-refractivity contribution in [1.29, 1.82) is 0 Å². The number of nitrogens with zero attached hydrogens (tertiary/aromatic N) is 1. The molecule has 1 heterocycles. The van der Waals surface area contributed by atoms with E-state index in [1.807, 2.05) is 6.92 Å². The number of Topliss-reactive ketones (excluding diaryl/α,β-unsaturated/α-hetero) is 1. The highest BCUT2D eigenvalue weighted by molar-refractivity contribution is 7.13. The second kappa shape index (κ2) is 5.74. The van der Waals surface area contributed by atoms with E-state index < -0.39 is 0 Å². The highest BCUT2D eigenvalue weighted by atomic mass is 32.1. The van der Waals surface area contributed by atoms with Gasteiger partial charge in [-0.05, 0) is 19.8 Å². The van der Waals surface area contributed by atoms with Crippen molar-refractivity contribution in [1.82, 2.24) is 10.3 Å². The van der Waals surface area contributed by atoms with Crippen LogP contribution in [0.1, 0.15) is 59.4 Å². The Hall–Kier alpha value is -0.740. The molecule has 0 bridgehead atoms. The van der Waals surface area contributed by atoms with Crippen LogP contribution < -0.4 is 5.32 Å². The average Bonchev–Trinajstić information content (AvgIpc) is 2.69. The standard InChI is InChI=1S/C13H20N2OS/c1-9-13(10(2)16)17-12(15-9)8-14-11-6-4-3-5-7-11/h11,14H,3-8H2,1-2H3. The van der Waals surface area contributed by atoms with Crippen molar-refractivity contribution in [2.75, 3.05) is 0 Å². The van der Waals surface area contributed by atoms with Crippen LogP contribution in [0, 0.1) is 6.92 Å². The molecule has 4 heteroatoms. The average molecular weight is 252 g/mol. The molecule has 1 saturated carbocycles. The molecule has 2 rings (SSSR count). The number of carbonyl (C=O) groups excluding carboxylic acids is 1. The van der Waals surface area contributed by atoms with Gasteiger partial charge in [-0.15, -0.1) is 11.3 Å². The molecule has 0 unspecified atom stereocenters. The molecule has 0 aromatic carbocycles. The van der Waals surface area contributed by atoms with Crippen molar-refractivity contribution in [2.45, 2.75) is 58.5 Å². The molecule has 94 valence electrons. The third-order valence-corrected chi connectivity index (χ3v) is 4.57. The Morgan fingerprint density at radius 1 is 1.41 bits per heavy atom. The molecular formula is C13H20N2OS. The van der Waals surface area contributed by atoms with E-state index in [0.29, 0.717) is 6.04 Å². The SMILES string of the molecule is CC(=O)c1sc(CNC2CCCCC2)nc1C. The van der Waals surface area contributed by atoms with Gasteiger partial charge in [0.05, 0.1) is 10.6 Å². The number of aromatic nitrogens is 1. The molecule has 0 radical (unpaired) electrons. The van der Waals surface area contributed by atoms with Gasteiger partial charge in [-0.3, -0.25) is 4.79 Å².